The van der Waals surface area contributed by atoms with Crippen molar-refractivity contribution in [2.45, 2.75) is 6.92 Å². The Morgan fingerprint density at radius 1 is 1.07 bits per heavy atom. The Morgan fingerprint density at radius 3 is 2.62 bits per heavy atom. The first-order chi connectivity index (χ1) is 14.0. The van der Waals surface area contributed by atoms with Gasteiger partial charge in [-0.1, -0.05) is 40.9 Å². The molecule has 0 saturated heterocycles. The molecule has 0 aliphatic carbocycles. The van der Waals surface area contributed by atoms with Crippen LogP contribution >= 0.6 is 23.2 Å². The summed E-state index contributed by atoms with van der Waals surface area (Å²) in [7, 11) is 0. The molecule has 0 spiro atoms. The smallest absolute Gasteiger partial charge is 0.262 e. The summed E-state index contributed by atoms with van der Waals surface area (Å²) in [5.74, 6) is 0.754. The number of fused-ring (bicyclic) bond motifs is 1. The van der Waals surface area contributed by atoms with Gasteiger partial charge in [0.1, 0.15) is 11.3 Å². The molecule has 1 amide bonds. The fourth-order valence-electron chi connectivity index (χ4n) is 2.76. The maximum Gasteiger partial charge on any atom is 0.262 e. The van der Waals surface area contributed by atoms with E-state index in [9.17, 15) is 4.79 Å². The molecule has 29 heavy (non-hydrogen) atoms. The van der Waals surface area contributed by atoms with Crippen molar-refractivity contribution in [3.8, 4) is 17.2 Å². The molecule has 0 fully saturated rings. The maximum absolute atomic E-state index is 12.2. The lowest BCUT2D eigenvalue weighted by atomic mass is 10.2. The Balaban J connectivity index is 1.47. The van der Waals surface area contributed by atoms with Crippen LogP contribution in [-0.4, -0.2) is 17.5 Å². The molecule has 1 heterocycles. The lowest BCUT2D eigenvalue weighted by Gasteiger charge is -2.07. The van der Waals surface area contributed by atoms with Gasteiger partial charge in [0.15, 0.2) is 12.2 Å². The molecule has 3 aromatic carbocycles. The minimum atomic E-state index is -0.269. The SMILES string of the molecule is Cc1ccc(OCC(=O)Nc2ccc3oc(-c4ccc(Cl)cc4Cl)nc3c2)cc1. The standard InChI is InChI=1S/C22H16Cl2N2O3/c1-13-2-6-16(7-3-13)28-12-21(27)25-15-5-9-20-19(11-15)26-22(29-20)17-8-4-14(23)10-18(17)24/h2-11H,12H2,1H3,(H,25,27). The number of carbonyl (C=O) groups is 1. The average Bonchev–Trinajstić information content (AvgIpc) is 3.10. The first-order valence-electron chi connectivity index (χ1n) is 8.83. The predicted octanol–water partition coefficient (Wildman–Crippen LogP) is 6.13. The van der Waals surface area contributed by atoms with Crippen molar-refractivity contribution in [1.29, 1.82) is 0 Å². The first-order valence-corrected chi connectivity index (χ1v) is 9.59. The Bertz CT molecular complexity index is 1190. The normalized spacial score (nSPS) is 10.9. The van der Waals surface area contributed by atoms with Crippen molar-refractivity contribution >= 4 is 45.9 Å². The van der Waals surface area contributed by atoms with Crippen LogP contribution in [0.25, 0.3) is 22.6 Å². The number of aromatic nitrogens is 1. The lowest BCUT2D eigenvalue weighted by Crippen LogP contribution is -2.20. The number of carbonyl (C=O) groups excluding carboxylic acids is 1. The molecule has 0 aliphatic heterocycles. The van der Waals surface area contributed by atoms with E-state index in [1.54, 1.807) is 36.4 Å². The molecule has 146 valence electrons. The van der Waals surface area contributed by atoms with Gasteiger partial charge in [0.2, 0.25) is 5.89 Å². The third-order valence-electron chi connectivity index (χ3n) is 4.22. The van der Waals surface area contributed by atoms with E-state index in [0.717, 1.165) is 5.56 Å². The number of oxazole rings is 1. The number of aryl methyl sites for hydroxylation is 1. The second-order valence-corrected chi connectivity index (χ2v) is 7.32. The second kappa shape index (κ2) is 8.15. The van der Waals surface area contributed by atoms with Gasteiger partial charge in [-0.25, -0.2) is 4.98 Å². The minimum absolute atomic E-state index is 0.0917. The first kappa shape index (κ1) is 19.3. The fourth-order valence-corrected chi connectivity index (χ4v) is 3.25. The summed E-state index contributed by atoms with van der Waals surface area (Å²) in [5.41, 5.74) is 3.55. The topological polar surface area (TPSA) is 64.4 Å². The molecule has 1 N–H and O–H groups in total. The zero-order valence-electron chi connectivity index (χ0n) is 15.4. The van der Waals surface area contributed by atoms with E-state index in [-0.39, 0.29) is 12.5 Å². The number of hydrogen-bond acceptors (Lipinski definition) is 4. The minimum Gasteiger partial charge on any atom is -0.484 e. The molecule has 5 nitrogen and oxygen atoms in total. The van der Waals surface area contributed by atoms with Gasteiger partial charge < -0.3 is 14.5 Å². The van der Waals surface area contributed by atoms with Crippen molar-refractivity contribution in [2.75, 3.05) is 11.9 Å². The molecular formula is C22H16Cl2N2O3. The van der Waals surface area contributed by atoms with Gasteiger partial charge in [-0.3, -0.25) is 4.79 Å². The molecule has 0 aliphatic rings. The number of halogens is 2. The van der Waals surface area contributed by atoms with E-state index in [1.807, 2.05) is 31.2 Å². The van der Waals surface area contributed by atoms with Crippen LogP contribution in [0.5, 0.6) is 5.75 Å². The molecule has 0 saturated carbocycles. The van der Waals surface area contributed by atoms with E-state index < -0.39 is 0 Å². The van der Waals surface area contributed by atoms with Crippen molar-refractivity contribution in [3.63, 3.8) is 0 Å². The summed E-state index contributed by atoms with van der Waals surface area (Å²) < 4.78 is 11.3. The molecule has 0 unspecified atom stereocenters. The molecule has 4 aromatic rings. The van der Waals surface area contributed by atoms with E-state index in [0.29, 0.717) is 44.0 Å². The highest BCUT2D eigenvalue weighted by Gasteiger charge is 2.13. The van der Waals surface area contributed by atoms with Crippen molar-refractivity contribution < 1.29 is 13.9 Å². The third kappa shape index (κ3) is 4.53. The van der Waals surface area contributed by atoms with Crippen molar-refractivity contribution in [1.82, 2.24) is 4.98 Å². The average molecular weight is 427 g/mol. The number of anilines is 1. The number of nitrogens with one attached hydrogen (secondary N) is 1. The molecule has 0 atom stereocenters. The van der Waals surface area contributed by atoms with E-state index in [4.69, 9.17) is 32.4 Å². The summed E-state index contributed by atoms with van der Waals surface area (Å²) in [5, 5.41) is 3.78. The van der Waals surface area contributed by atoms with E-state index >= 15 is 0 Å². The number of rotatable bonds is 5. The molecule has 0 radical (unpaired) electrons. The Hall–Kier alpha value is -3.02. The van der Waals surface area contributed by atoms with Crippen LogP contribution in [0.3, 0.4) is 0 Å². The number of nitrogens with zero attached hydrogens (tertiary/aromatic N) is 1. The number of ether oxygens (including phenoxy) is 1. The van der Waals surface area contributed by atoms with E-state index in [1.165, 1.54) is 0 Å². The van der Waals surface area contributed by atoms with Gasteiger partial charge >= 0.3 is 0 Å². The number of amides is 1. The molecular weight excluding hydrogens is 411 g/mol. The Morgan fingerprint density at radius 2 is 1.86 bits per heavy atom. The van der Waals surface area contributed by atoms with Crippen molar-refractivity contribution in [2.24, 2.45) is 0 Å². The van der Waals surface area contributed by atoms with Gasteiger partial charge in [-0.2, -0.15) is 0 Å². The molecule has 0 bridgehead atoms. The fraction of sp³-hybridized carbons (Fsp3) is 0.0909. The number of benzene rings is 3. The van der Waals surface area contributed by atoms with Crippen LogP contribution in [0.2, 0.25) is 10.0 Å². The third-order valence-corrected chi connectivity index (χ3v) is 4.77. The van der Waals surface area contributed by atoms with Crippen LogP contribution in [0.15, 0.2) is 65.1 Å². The molecule has 1 aromatic heterocycles. The second-order valence-electron chi connectivity index (χ2n) is 6.48. The summed E-state index contributed by atoms with van der Waals surface area (Å²) in [4.78, 5) is 16.6. The van der Waals surface area contributed by atoms with Gasteiger partial charge in [0, 0.05) is 10.7 Å². The summed E-state index contributed by atoms with van der Waals surface area (Å²) >= 11 is 12.2. The summed E-state index contributed by atoms with van der Waals surface area (Å²) in [6.07, 6.45) is 0. The number of hydrogen-bond donors (Lipinski definition) is 1. The van der Waals surface area contributed by atoms with Crippen LogP contribution in [0.1, 0.15) is 5.56 Å². The summed E-state index contributed by atoms with van der Waals surface area (Å²) in [6.45, 7) is 1.90. The van der Waals surface area contributed by atoms with Crippen LogP contribution in [-0.2, 0) is 4.79 Å². The predicted molar refractivity (Wildman–Crippen MR) is 115 cm³/mol. The van der Waals surface area contributed by atoms with E-state index in [2.05, 4.69) is 10.3 Å². The lowest BCUT2D eigenvalue weighted by molar-refractivity contribution is -0.118. The maximum atomic E-state index is 12.2. The largest absolute Gasteiger partial charge is 0.484 e. The Labute approximate surface area is 177 Å². The van der Waals surface area contributed by atoms with Crippen LogP contribution in [0, 0.1) is 6.92 Å². The van der Waals surface area contributed by atoms with Gasteiger partial charge in [-0.15, -0.1) is 0 Å². The zero-order valence-corrected chi connectivity index (χ0v) is 16.9. The molecule has 4 rings (SSSR count). The van der Waals surface area contributed by atoms with Crippen LogP contribution < -0.4 is 10.1 Å². The zero-order chi connectivity index (χ0) is 20.4. The molecule has 7 heteroatoms. The van der Waals surface area contributed by atoms with Crippen molar-refractivity contribution in [3.05, 3.63) is 76.3 Å². The van der Waals surface area contributed by atoms with Gasteiger partial charge in [0.25, 0.3) is 5.91 Å². The highest BCUT2D eigenvalue weighted by atomic mass is 35.5. The monoisotopic (exact) mass is 426 g/mol. The Kier molecular flexibility index (Phi) is 5.43. The van der Waals surface area contributed by atoms with Crippen LogP contribution in [0.4, 0.5) is 5.69 Å². The van der Waals surface area contributed by atoms with Gasteiger partial charge in [-0.05, 0) is 55.5 Å². The highest BCUT2D eigenvalue weighted by Crippen LogP contribution is 2.32. The summed E-state index contributed by atoms with van der Waals surface area (Å²) in [6, 6.07) is 17.8. The quantitative estimate of drug-likeness (QED) is 0.416. The highest BCUT2D eigenvalue weighted by molar-refractivity contribution is 6.36. The van der Waals surface area contributed by atoms with Gasteiger partial charge in [0.05, 0.1) is 10.6 Å².